The van der Waals surface area contributed by atoms with E-state index in [-0.39, 0.29) is 25.9 Å². The lowest BCUT2D eigenvalue weighted by molar-refractivity contribution is -0.256. The van der Waals surface area contributed by atoms with E-state index >= 15 is 0 Å². The van der Waals surface area contributed by atoms with Crippen molar-refractivity contribution in [2.45, 2.75) is 64.9 Å². The molecule has 2 atom stereocenters. The van der Waals surface area contributed by atoms with Crippen LogP contribution in [0.2, 0.25) is 0 Å². The number of rotatable bonds is 18. The SMILES string of the molecule is CCOC(=O)C(OCC)(OCC)C(CC(C/C(C)=N/OCc1ccccc1)Nc1ccc(OC)cc1)c1ccccc1. The van der Waals surface area contributed by atoms with Gasteiger partial charge < -0.3 is 29.1 Å². The number of hydrogen-bond donors (Lipinski definition) is 1. The molecule has 8 heteroatoms. The van der Waals surface area contributed by atoms with Crippen molar-refractivity contribution in [2.24, 2.45) is 5.16 Å². The molecule has 0 saturated carbocycles. The number of oxime groups is 1. The van der Waals surface area contributed by atoms with E-state index in [1.54, 1.807) is 14.0 Å². The van der Waals surface area contributed by atoms with Gasteiger partial charge in [-0.15, -0.1) is 0 Å². The number of ether oxygens (including phenoxy) is 4. The first-order valence-corrected chi connectivity index (χ1v) is 14.6. The van der Waals surface area contributed by atoms with Gasteiger partial charge >= 0.3 is 5.97 Å². The van der Waals surface area contributed by atoms with Crippen molar-refractivity contribution in [2.75, 3.05) is 32.2 Å². The third-order valence-corrected chi connectivity index (χ3v) is 6.76. The van der Waals surface area contributed by atoms with E-state index in [9.17, 15) is 4.79 Å². The fraction of sp³-hybridized carbons (Fsp3) is 0.412. The first-order chi connectivity index (χ1) is 20.4. The van der Waals surface area contributed by atoms with Gasteiger partial charge in [0.05, 0.1) is 25.3 Å². The van der Waals surface area contributed by atoms with E-state index in [0.29, 0.717) is 19.4 Å². The molecule has 0 heterocycles. The highest BCUT2D eigenvalue weighted by Gasteiger charge is 2.51. The first kappa shape index (κ1) is 32.6. The number of benzene rings is 3. The van der Waals surface area contributed by atoms with Crippen LogP contribution >= 0.6 is 0 Å². The molecular formula is C34H44N2O6. The summed E-state index contributed by atoms with van der Waals surface area (Å²) in [5.74, 6) is -1.90. The lowest BCUT2D eigenvalue weighted by atomic mass is 9.83. The minimum absolute atomic E-state index is 0.178. The predicted octanol–water partition coefficient (Wildman–Crippen LogP) is 6.96. The van der Waals surface area contributed by atoms with Gasteiger partial charge in [0.25, 0.3) is 5.79 Å². The van der Waals surface area contributed by atoms with E-state index in [1.807, 2.05) is 106 Å². The Hall–Kier alpha value is -3.88. The largest absolute Gasteiger partial charge is 0.497 e. The summed E-state index contributed by atoms with van der Waals surface area (Å²) in [5, 5.41) is 8.05. The molecule has 0 aliphatic rings. The smallest absolute Gasteiger partial charge is 0.367 e. The number of anilines is 1. The molecule has 0 radical (unpaired) electrons. The van der Waals surface area contributed by atoms with Crippen molar-refractivity contribution in [1.82, 2.24) is 0 Å². The first-order valence-electron chi connectivity index (χ1n) is 14.6. The number of carbonyl (C=O) groups is 1. The van der Waals surface area contributed by atoms with Gasteiger partial charge in [0.15, 0.2) is 0 Å². The van der Waals surface area contributed by atoms with Crippen LogP contribution in [0.15, 0.2) is 90.1 Å². The number of hydrogen-bond acceptors (Lipinski definition) is 8. The van der Waals surface area contributed by atoms with Crippen molar-refractivity contribution in [3.8, 4) is 5.75 Å². The summed E-state index contributed by atoms with van der Waals surface area (Å²) in [6.45, 7) is 8.55. The van der Waals surface area contributed by atoms with Crippen molar-refractivity contribution in [1.29, 1.82) is 0 Å². The number of carbonyl (C=O) groups excluding carboxylic acids is 1. The van der Waals surface area contributed by atoms with Crippen LogP contribution in [0.3, 0.4) is 0 Å². The van der Waals surface area contributed by atoms with E-state index in [0.717, 1.165) is 28.3 Å². The third kappa shape index (κ3) is 9.33. The molecule has 0 amide bonds. The molecular weight excluding hydrogens is 532 g/mol. The zero-order valence-corrected chi connectivity index (χ0v) is 25.4. The summed E-state index contributed by atoms with van der Waals surface area (Å²) in [7, 11) is 1.64. The van der Waals surface area contributed by atoms with E-state index in [4.69, 9.17) is 23.8 Å². The maximum atomic E-state index is 13.6. The van der Waals surface area contributed by atoms with Gasteiger partial charge in [-0.05, 0) is 69.5 Å². The second-order valence-electron chi connectivity index (χ2n) is 9.81. The molecule has 2 unspecified atom stereocenters. The molecule has 0 spiro atoms. The van der Waals surface area contributed by atoms with Crippen LogP contribution in [0.1, 0.15) is 57.6 Å². The van der Waals surface area contributed by atoms with Crippen molar-refractivity contribution >= 4 is 17.4 Å². The van der Waals surface area contributed by atoms with Crippen molar-refractivity contribution in [3.05, 3.63) is 96.1 Å². The highest BCUT2D eigenvalue weighted by atomic mass is 16.7. The second-order valence-corrected chi connectivity index (χ2v) is 9.81. The van der Waals surface area contributed by atoms with Crippen LogP contribution < -0.4 is 10.1 Å². The van der Waals surface area contributed by atoms with Gasteiger partial charge in [-0.1, -0.05) is 65.8 Å². The Morgan fingerprint density at radius 2 is 1.48 bits per heavy atom. The van der Waals surface area contributed by atoms with Crippen LogP contribution in [-0.4, -0.2) is 50.4 Å². The highest BCUT2D eigenvalue weighted by molar-refractivity contribution is 5.82. The molecule has 8 nitrogen and oxygen atoms in total. The monoisotopic (exact) mass is 576 g/mol. The van der Waals surface area contributed by atoms with Crippen LogP contribution in [0.5, 0.6) is 5.75 Å². The van der Waals surface area contributed by atoms with E-state index in [2.05, 4.69) is 10.5 Å². The van der Waals surface area contributed by atoms with Gasteiger partial charge in [-0.2, -0.15) is 0 Å². The molecule has 0 aliphatic heterocycles. The van der Waals surface area contributed by atoms with E-state index in [1.165, 1.54) is 0 Å². The second kappa shape index (κ2) is 17.2. The standard InChI is InChI=1S/C34H44N2O6/c1-6-39-33(37)34(40-7-2,41-8-3)32(28-17-13-10-14-18-28)24-30(35-29-19-21-31(38-5)22-20-29)23-26(4)36-42-25-27-15-11-9-12-16-27/h9-22,30,32,35H,6-8,23-25H2,1-5H3/b36-26+. The van der Waals surface area contributed by atoms with Crippen LogP contribution in [0.25, 0.3) is 0 Å². The van der Waals surface area contributed by atoms with Gasteiger partial charge in [0, 0.05) is 31.4 Å². The fourth-order valence-corrected chi connectivity index (χ4v) is 4.95. The van der Waals surface area contributed by atoms with Gasteiger partial charge in [-0.3, -0.25) is 0 Å². The van der Waals surface area contributed by atoms with Crippen LogP contribution in [-0.2, 0) is 30.4 Å². The average Bonchev–Trinajstić information content (AvgIpc) is 3.01. The van der Waals surface area contributed by atoms with Crippen molar-refractivity contribution < 1.29 is 28.6 Å². The number of nitrogens with one attached hydrogen (secondary N) is 1. The average molecular weight is 577 g/mol. The minimum atomic E-state index is -1.63. The van der Waals surface area contributed by atoms with Gasteiger partial charge in [0.2, 0.25) is 0 Å². The molecule has 1 N–H and O–H groups in total. The molecule has 0 fully saturated rings. The predicted molar refractivity (Wildman–Crippen MR) is 166 cm³/mol. The number of methoxy groups -OCH3 is 1. The Morgan fingerprint density at radius 3 is 2.05 bits per heavy atom. The summed E-state index contributed by atoms with van der Waals surface area (Å²) < 4.78 is 23.3. The highest BCUT2D eigenvalue weighted by Crippen LogP contribution is 2.39. The molecule has 3 rings (SSSR count). The van der Waals surface area contributed by atoms with E-state index < -0.39 is 17.7 Å². The molecule has 0 aromatic heterocycles. The Bertz CT molecular complexity index is 1210. The van der Waals surface area contributed by atoms with Crippen molar-refractivity contribution in [3.63, 3.8) is 0 Å². The fourth-order valence-electron chi connectivity index (χ4n) is 4.95. The Morgan fingerprint density at radius 1 is 0.857 bits per heavy atom. The zero-order valence-electron chi connectivity index (χ0n) is 25.4. The molecule has 226 valence electrons. The Kier molecular flexibility index (Phi) is 13.3. The molecule has 0 bridgehead atoms. The lowest BCUT2D eigenvalue weighted by Crippen LogP contribution is -2.52. The quantitative estimate of drug-likeness (QED) is 0.0758. The summed E-state index contributed by atoms with van der Waals surface area (Å²) in [5.41, 5.74) is 3.65. The van der Waals surface area contributed by atoms with Crippen LogP contribution in [0, 0.1) is 0 Å². The normalized spacial score (nSPS) is 13.2. The maximum absolute atomic E-state index is 13.6. The Balaban J connectivity index is 1.98. The minimum Gasteiger partial charge on any atom is -0.497 e. The summed E-state index contributed by atoms with van der Waals surface area (Å²) in [6.07, 6.45) is 1.02. The zero-order chi connectivity index (χ0) is 30.2. The molecule has 42 heavy (non-hydrogen) atoms. The molecule has 3 aromatic carbocycles. The summed E-state index contributed by atoms with van der Waals surface area (Å²) >= 11 is 0. The molecule has 0 aliphatic carbocycles. The third-order valence-electron chi connectivity index (χ3n) is 6.76. The topological polar surface area (TPSA) is 87.6 Å². The lowest BCUT2D eigenvalue weighted by Gasteiger charge is -2.39. The van der Waals surface area contributed by atoms with Gasteiger partial charge in [-0.25, -0.2) is 4.79 Å². The Labute approximate surface area is 250 Å². The number of esters is 1. The maximum Gasteiger partial charge on any atom is 0.367 e. The summed E-state index contributed by atoms with van der Waals surface area (Å²) in [6, 6.07) is 27.3. The van der Waals surface area contributed by atoms with Crippen LogP contribution in [0.4, 0.5) is 5.69 Å². The molecule has 0 saturated heterocycles. The number of nitrogens with zero attached hydrogens (tertiary/aromatic N) is 1. The van der Waals surface area contributed by atoms with Gasteiger partial charge in [0.1, 0.15) is 12.4 Å². The summed E-state index contributed by atoms with van der Waals surface area (Å²) in [4.78, 5) is 19.3. The molecule has 3 aromatic rings.